The third-order valence-corrected chi connectivity index (χ3v) is 6.60. The fourth-order valence-corrected chi connectivity index (χ4v) is 4.75. The Kier molecular flexibility index (Phi) is 7.47. The molecule has 3 saturated heterocycles. The normalized spacial score (nSPS) is 27.3. The Morgan fingerprint density at radius 3 is 2.53 bits per heavy atom. The van der Waals surface area contributed by atoms with Crippen LogP contribution in [0.5, 0.6) is 0 Å². The van der Waals surface area contributed by atoms with Crippen LogP contribution in [0.4, 0.5) is 5.69 Å². The molecule has 166 valence electrons. The van der Waals surface area contributed by atoms with Gasteiger partial charge in [-0.3, -0.25) is 9.89 Å². The monoisotopic (exact) mass is 415 g/mol. The lowest BCUT2D eigenvalue weighted by molar-refractivity contribution is -0.0817. The molecule has 3 atom stereocenters. The van der Waals surface area contributed by atoms with Crippen molar-refractivity contribution in [3.05, 3.63) is 30.3 Å². The molecule has 3 aliphatic rings. The molecule has 0 bridgehead atoms. The van der Waals surface area contributed by atoms with Crippen LogP contribution in [0.1, 0.15) is 19.8 Å². The highest BCUT2D eigenvalue weighted by molar-refractivity contribution is 5.80. The molecule has 1 N–H and O–H groups in total. The molecule has 0 aromatic heterocycles. The summed E-state index contributed by atoms with van der Waals surface area (Å²) in [6.45, 7) is 10.9. The highest BCUT2D eigenvalue weighted by Gasteiger charge is 2.32. The molecule has 7 nitrogen and oxygen atoms in total. The van der Waals surface area contributed by atoms with Gasteiger partial charge >= 0.3 is 0 Å². The van der Waals surface area contributed by atoms with Crippen LogP contribution in [-0.4, -0.2) is 100 Å². The summed E-state index contributed by atoms with van der Waals surface area (Å²) < 4.78 is 11.8. The quantitative estimate of drug-likeness (QED) is 0.583. The predicted octanol–water partition coefficient (Wildman–Crippen LogP) is 1.65. The van der Waals surface area contributed by atoms with E-state index in [0.29, 0.717) is 6.04 Å². The zero-order valence-corrected chi connectivity index (χ0v) is 18.5. The summed E-state index contributed by atoms with van der Waals surface area (Å²) in [6, 6.07) is 11.2. The lowest BCUT2D eigenvalue weighted by atomic mass is 10.1. The van der Waals surface area contributed by atoms with Crippen molar-refractivity contribution in [1.29, 1.82) is 0 Å². The molecule has 3 unspecified atom stereocenters. The summed E-state index contributed by atoms with van der Waals surface area (Å²) in [6.07, 6.45) is 2.65. The number of anilines is 1. The van der Waals surface area contributed by atoms with Crippen LogP contribution in [-0.2, 0) is 9.47 Å². The molecule has 0 spiro atoms. The lowest BCUT2D eigenvalue weighted by Gasteiger charge is -2.40. The summed E-state index contributed by atoms with van der Waals surface area (Å²) in [5.74, 6) is 0.982. The number of piperazine rings is 1. The first kappa shape index (κ1) is 21.4. The minimum Gasteiger partial charge on any atom is -0.375 e. The van der Waals surface area contributed by atoms with E-state index in [-0.39, 0.29) is 12.2 Å². The second kappa shape index (κ2) is 10.5. The van der Waals surface area contributed by atoms with E-state index in [4.69, 9.17) is 9.47 Å². The minimum absolute atomic E-state index is 0.156. The Labute approximate surface area is 181 Å². The molecule has 1 aromatic carbocycles. The lowest BCUT2D eigenvalue weighted by Crippen LogP contribution is -2.56. The van der Waals surface area contributed by atoms with Crippen LogP contribution >= 0.6 is 0 Å². The van der Waals surface area contributed by atoms with Crippen LogP contribution in [0.25, 0.3) is 0 Å². The van der Waals surface area contributed by atoms with Crippen molar-refractivity contribution < 1.29 is 9.47 Å². The number of hydrogen-bond acceptors (Lipinski definition) is 5. The average Bonchev–Trinajstić information content (AvgIpc) is 3.35. The third-order valence-electron chi connectivity index (χ3n) is 6.60. The topological polar surface area (TPSA) is 52.6 Å². The molecule has 0 aliphatic carbocycles. The summed E-state index contributed by atoms with van der Waals surface area (Å²) in [5.41, 5.74) is 1.33. The second-order valence-corrected chi connectivity index (χ2v) is 8.54. The van der Waals surface area contributed by atoms with E-state index in [1.165, 1.54) is 5.69 Å². The average molecular weight is 416 g/mol. The van der Waals surface area contributed by atoms with Crippen molar-refractivity contribution in [2.24, 2.45) is 4.99 Å². The third kappa shape index (κ3) is 5.25. The Bertz CT molecular complexity index is 671. The van der Waals surface area contributed by atoms with E-state index in [2.05, 4.69) is 62.3 Å². The number of hydrogen-bond donors (Lipinski definition) is 1. The first-order valence-electron chi connectivity index (χ1n) is 11.5. The van der Waals surface area contributed by atoms with Crippen molar-refractivity contribution in [3.63, 3.8) is 0 Å². The molecule has 7 heteroatoms. The molecular formula is C23H37N5O2. The van der Waals surface area contributed by atoms with Gasteiger partial charge in [0.15, 0.2) is 5.96 Å². The van der Waals surface area contributed by atoms with Crippen LogP contribution in [0.3, 0.4) is 0 Å². The van der Waals surface area contributed by atoms with Crippen molar-refractivity contribution >= 4 is 11.6 Å². The fourth-order valence-electron chi connectivity index (χ4n) is 4.75. The molecule has 3 heterocycles. The summed E-state index contributed by atoms with van der Waals surface area (Å²) in [7, 11) is 1.88. The maximum absolute atomic E-state index is 5.99. The van der Waals surface area contributed by atoms with Gasteiger partial charge in [-0.1, -0.05) is 18.2 Å². The van der Waals surface area contributed by atoms with E-state index in [9.17, 15) is 0 Å². The summed E-state index contributed by atoms with van der Waals surface area (Å²) in [5, 5.41) is 3.61. The zero-order valence-electron chi connectivity index (χ0n) is 18.5. The Morgan fingerprint density at radius 1 is 1.07 bits per heavy atom. The molecule has 3 fully saturated rings. The first-order valence-corrected chi connectivity index (χ1v) is 11.5. The highest BCUT2D eigenvalue weighted by atomic mass is 16.5. The number of ether oxygens (including phenoxy) is 2. The fraction of sp³-hybridized carbons (Fsp3) is 0.696. The summed E-state index contributed by atoms with van der Waals surface area (Å²) in [4.78, 5) is 11.9. The maximum atomic E-state index is 5.99. The SMILES string of the molecule is CN=C(NCC(C)N1CCN(c2ccccc2)CC1)N1CCOC(C2CCCO2)C1. The Hall–Kier alpha value is -1.83. The number of guanidine groups is 1. The number of benzene rings is 1. The largest absolute Gasteiger partial charge is 0.375 e. The van der Waals surface area contributed by atoms with Gasteiger partial charge in [0.2, 0.25) is 0 Å². The van der Waals surface area contributed by atoms with Gasteiger partial charge in [-0.25, -0.2) is 0 Å². The van der Waals surface area contributed by atoms with Gasteiger partial charge in [0.1, 0.15) is 6.10 Å². The predicted molar refractivity (Wildman–Crippen MR) is 121 cm³/mol. The molecule has 30 heavy (non-hydrogen) atoms. The maximum Gasteiger partial charge on any atom is 0.193 e. The van der Waals surface area contributed by atoms with Gasteiger partial charge in [0.25, 0.3) is 0 Å². The standard InChI is InChI=1S/C23H37N5O2/c1-19(26-10-12-27(13-11-26)20-7-4-3-5-8-20)17-25-23(24-2)28-14-16-30-22(18-28)21-9-6-15-29-21/h3-5,7-8,19,21-22H,6,9-18H2,1-2H3,(H,24,25). The van der Waals surface area contributed by atoms with Gasteiger partial charge < -0.3 is 24.6 Å². The van der Waals surface area contributed by atoms with E-state index in [0.717, 1.165) is 77.8 Å². The smallest absolute Gasteiger partial charge is 0.193 e. The second-order valence-electron chi connectivity index (χ2n) is 8.54. The van der Waals surface area contributed by atoms with Crippen LogP contribution < -0.4 is 10.2 Å². The number of nitrogens with zero attached hydrogens (tertiary/aromatic N) is 4. The minimum atomic E-state index is 0.156. The van der Waals surface area contributed by atoms with Gasteiger partial charge in [-0.2, -0.15) is 0 Å². The van der Waals surface area contributed by atoms with E-state index < -0.39 is 0 Å². The zero-order chi connectivity index (χ0) is 20.8. The molecule has 3 aliphatic heterocycles. The molecule has 1 aromatic rings. The van der Waals surface area contributed by atoms with E-state index in [1.807, 2.05) is 7.05 Å². The van der Waals surface area contributed by atoms with Gasteiger partial charge in [-0.15, -0.1) is 0 Å². The number of nitrogens with one attached hydrogen (secondary N) is 1. The van der Waals surface area contributed by atoms with Crippen molar-refractivity contribution in [3.8, 4) is 0 Å². The van der Waals surface area contributed by atoms with Gasteiger partial charge in [0.05, 0.1) is 12.7 Å². The van der Waals surface area contributed by atoms with Crippen molar-refractivity contribution in [2.75, 3.05) is 71.0 Å². The number of para-hydroxylation sites is 1. The number of rotatable bonds is 5. The first-order chi connectivity index (χ1) is 14.7. The number of aliphatic imine (C=N–C) groups is 1. The Morgan fingerprint density at radius 2 is 1.83 bits per heavy atom. The summed E-state index contributed by atoms with van der Waals surface area (Å²) >= 11 is 0. The van der Waals surface area contributed by atoms with E-state index >= 15 is 0 Å². The molecule has 0 saturated carbocycles. The molecule has 0 amide bonds. The van der Waals surface area contributed by atoms with Crippen LogP contribution in [0.15, 0.2) is 35.3 Å². The van der Waals surface area contributed by atoms with Crippen molar-refractivity contribution in [1.82, 2.24) is 15.1 Å². The number of morpholine rings is 1. The van der Waals surface area contributed by atoms with E-state index in [1.54, 1.807) is 0 Å². The van der Waals surface area contributed by atoms with Gasteiger partial charge in [0, 0.05) is 71.2 Å². The molecule has 4 rings (SSSR count). The molecule has 0 radical (unpaired) electrons. The van der Waals surface area contributed by atoms with Crippen molar-refractivity contribution in [2.45, 2.75) is 38.0 Å². The van der Waals surface area contributed by atoms with Gasteiger partial charge in [-0.05, 0) is 31.9 Å². The molecular weight excluding hydrogens is 378 g/mol. The van der Waals surface area contributed by atoms with Crippen LogP contribution in [0, 0.1) is 0 Å². The Balaban J connectivity index is 1.23. The van der Waals surface area contributed by atoms with Crippen LogP contribution in [0.2, 0.25) is 0 Å². The highest BCUT2D eigenvalue weighted by Crippen LogP contribution is 2.21.